The Morgan fingerprint density at radius 3 is 2.78 bits per heavy atom. The number of rotatable bonds is 4. The summed E-state index contributed by atoms with van der Waals surface area (Å²) in [6.45, 7) is 5.00. The molecule has 6 nitrogen and oxygen atoms in total. The Morgan fingerprint density at radius 1 is 1.44 bits per heavy atom. The lowest BCUT2D eigenvalue weighted by molar-refractivity contribution is -0.121. The molecule has 1 rings (SSSR count). The minimum atomic E-state index is -0.426. The highest BCUT2D eigenvalue weighted by atomic mass is 35.5. The number of hydrogen-bond acceptors (Lipinski definition) is 4. The quantitative estimate of drug-likeness (QED) is 0.671. The average Bonchev–Trinajstić information content (AvgIpc) is 2.29. The topological polar surface area (TPSA) is 87.5 Å². The van der Waals surface area contributed by atoms with Gasteiger partial charge in [0.1, 0.15) is 0 Å². The van der Waals surface area contributed by atoms with Gasteiger partial charge in [-0.2, -0.15) is 0 Å². The van der Waals surface area contributed by atoms with E-state index in [0.717, 1.165) is 25.9 Å². The third-order valence-electron chi connectivity index (χ3n) is 2.89. The molecule has 0 aromatic carbocycles. The van der Waals surface area contributed by atoms with Crippen LogP contribution in [0.3, 0.4) is 0 Å². The van der Waals surface area contributed by atoms with Crippen LogP contribution in [0.25, 0.3) is 0 Å². The molecule has 7 heteroatoms. The summed E-state index contributed by atoms with van der Waals surface area (Å²) in [6.07, 6.45) is 2.20. The average molecular weight is 279 g/mol. The molecule has 3 amide bonds. The standard InChI is InChI=1S/C11H22N4O2.ClH/c1-2-13-11(17)14-10(16)8-15-5-3-4-9(6-12)7-15;/h9H,2-8,12H2,1H3,(H2,13,14,16,17);1H. The number of carbonyl (C=O) groups excluding carboxylic acids is 2. The molecule has 0 bridgehead atoms. The van der Waals surface area contributed by atoms with Gasteiger partial charge in [0.2, 0.25) is 5.91 Å². The van der Waals surface area contributed by atoms with Crippen LogP contribution in [0.2, 0.25) is 0 Å². The fourth-order valence-electron chi connectivity index (χ4n) is 2.06. The van der Waals surface area contributed by atoms with Crippen molar-refractivity contribution in [3.05, 3.63) is 0 Å². The summed E-state index contributed by atoms with van der Waals surface area (Å²) in [7, 11) is 0. The number of nitrogens with zero attached hydrogens (tertiary/aromatic N) is 1. The molecule has 0 radical (unpaired) electrons. The Labute approximate surface area is 114 Å². The zero-order valence-corrected chi connectivity index (χ0v) is 11.6. The lowest BCUT2D eigenvalue weighted by atomic mass is 9.98. The first-order valence-corrected chi connectivity index (χ1v) is 6.15. The van der Waals surface area contributed by atoms with E-state index in [9.17, 15) is 9.59 Å². The number of urea groups is 1. The molecule has 1 aliphatic heterocycles. The van der Waals surface area contributed by atoms with E-state index in [-0.39, 0.29) is 24.9 Å². The normalized spacial score (nSPS) is 19.8. The molecule has 0 spiro atoms. The van der Waals surface area contributed by atoms with Gasteiger partial charge in [-0.15, -0.1) is 12.4 Å². The fraction of sp³-hybridized carbons (Fsp3) is 0.818. The number of hydrogen-bond donors (Lipinski definition) is 3. The Balaban J connectivity index is 0.00000289. The highest BCUT2D eigenvalue weighted by Crippen LogP contribution is 2.14. The van der Waals surface area contributed by atoms with Crippen LogP contribution in [0.15, 0.2) is 0 Å². The summed E-state index contributed by atoms with van der Waals surface area (Å²) in [5.74, 6) is 0.217. The molecule has 0 aliphatic carbocycles. The Bertz CT molecular complexity index is 276. The van der Waals surface area contributed by atoms with Crippen LogP contribution in [-0.2, 0) is 4.79 Å². The molecule has 18 heavy (non-hydrogen) atoms. The van der Waals surface area contributed by atoms with Gasteiger partial charge in [-0.05, 0) is 38.8 Å². The predicted molar refractivity (Wildman–Crippen MR) is 72.7 cm³/mol. The van der Waals surface area contributed by atoms with E-state index in [2.05, 4.69) is 15.5 Å². The highest BCUT2D eigenvalue weighted by molar-refractivity contribution is 5.95. The Morgan fingerprint density at radius 2 is 2.17 bits per heavy atom. The van der Waals surface area contributed by atoms with Crippen LogP contribution in [0.1, 0.15) is 19.8 Å². The van der Waals surface area contributed by atoms with E-state index < -0.39 is 6.03 Å². The van der Waals surface area contributed by atoms with E-state index in [1.807, 2.05) is 0 Å². The van der Waals surface area contributed by atoms with E-state index in [1.54, 1.807) is 6.92 Å². The monoisotopic (exact) mass is 278 g/mol. The van der Waals surface area contributed by atoms with Gasteiger partial charge in [0.15, 0.2) is 0 Å². The van der Waals surface area contributed by atoms with E-state index in [0.29, 0.717) is 19.0 Å². The first-order valence-electron chi connectivity index (χ1n) is 6.15. The highest BCUT2D eigenvalue weighted by Gasteiger charge is 2.20. The molecular weight excluding hydrogens is 256 g/mol. The molecule has 1 heterocycles. The Hall–Kier alpha value is -0.850. The molecule has 106 valence electrons. The number of carbonyl (C=O) groups is 2. The lowest BCUT2D eigenvalue weighted by Crippen LogP contribution is -2.47. The van der Waals surface area contributed by atoms with Gasteiger partial charge in [-0.3, -0.25) is 15.0 Å². The van der Waals surface area contributed by atoms with Gasteiger partial charge in [0.05, 0.1) is 6.54 Å². The number of imide groups is 1. The van der Waals surface area contributed by atoms with Crippen molar-refractivity contribution in [2.24, 2.45) is 11.7 Å². The van der Waals surface area contributed by atoms with Crippen molar-refractivity contribution in [3.8, 4) is 0 Å². The number of likely N-dealkylation sites (tertiary alicyclic amines) is 1. The van der Waals surface area contributed by atoms with Crippen molar-refractivity contribution < 1.29 is 9.59 Å². The minimum Gasteiger partial charge on any atom is -0.338 e. The van der Waals surface area contributed by atoms with Crippen LogP contribution in [0.5, 0.6) is 0 Å². The summed E-state index contributed by atoms with van der Waals surface area (Å²) in [5, 5.41) is 4.82. The van der Waals surface area contributed by atoms with Crippen molar-refractivity contribution in [2.75, 3.05) is 32.7 Å². The fourth-order valence-corrected chi connectivity index (χ4v) is 2.06. The van der Waals surface area contributed by atoms with Crippen molar-refractivity contribution in [1.29, 1.82) is 0 Å². The molecular formula is C11H23ClN4O2. The summed E-state index contributed by atoms with van der Waals surface area (Å²) >= 11 is 0. The zero-order chi connectivity index (χ0) is 12.7. The number of amides is 3. The number of halogens is 1. The van der Waals surface area contributed by atoms with E-state index in [4.69, 9.17) is 5.73 Å². The van der Waals surface area contributed by atoms with E-state index in [1.165, 1.54) is 0 Å². The van der Waals surface area contributed by atoms with Crippen LogP contribution >= 0.6 is 12.4 Å². The maximum atomic E-state index is 11.5. The first-order chi connectivity index (χ1) is 8.15. The van der Waals surface area contributed by atoms with Crippen molar-refractivity contribution in [1.82, 2.24) is 15.5 Å². The Kier molecular flexibility index (Phi) is 8.70. The second-order valence-electron chi connectivity index (χ2n) is 4.39. The molecule has 1 atom stereocenters. The van der Waals surface area contributed by atoms with Gasteiger partial charge in [0, 0.05) is 13.1 Å². The van der Waals surface area contributed by atoms with Crippen LogP contribution in [0.4, 0.5) is 4.79 Å². The number of nitrogens with one attached hydrogen (secondary N) is 2. The van der Waals surface area contributed by atoms with Gasteiger partial charge in [-0.1, -0.05) is 0 Å². The first kappa shape index (κ1) is 17.2. The number of piperidine rings is 1. The molecule has 1 aliphatic rings. The smallest absolute Gasteiger partial charge is 0.321 e. The van der Waals surface area contributed by atoms with Crippen molar-refractivity contribution in [3.63, 3.8) is 0 Å². The van der Waals surface area contributed by atoms with Crippen LogP contribution in [-0.4, -0.2) is 49.6 Å². The van der Waals surface area contributed by atoms with Gasteiger partial charge < -0.3 is 11.1 Å². The second-order valence-corrected chi connectivity index (χ2v) is 4.39. The van der Waals surface area contributed by atoms with Crippen molar-refractivity contribution >= 4 is 24.3 Å². The summed E-state index contributed by atoms with van der Waals surface area (Å²) in [4.78, 5) is 24.7. The largest absolute Gasteiger partial charge is 0.338 e. The third-order valence-corrected chi connectivity index (χ3v) is 2.89. The van der Waals surface area contributed by atoms with Gasteiger partial charge >= 0.3 is 6.03 Å². The number of nitrogens with two attached hydrogens (primary N) is 1. The SMILES string of the molecule is CCNC(=O)NC(=O)CN1CCCC(CN)C1.Cl. The summed E-state index contributed by atoms with van der Waals surface area (Å²) in [5.41, 5.74) is 5.63. The molecule has 0 aromatic rings. The summed E-state index contributed by atoms with van der Waals surface area (Å²) < 4.78 is 0. The van der Waals surface area contributed by atoms with Gasteiger partial charge in [0.25, 0.3) is 0 Å². The maximum absolute atomic E-state index is 11.5. The molecule has 4 N–H and O–H groups in total. The molecule has 1 unspecified atom stereocenters. The van der Waals surface area contributed by atoms with Gasteiger partial charge in [-0.25, -0.2) is 4.79 Å². The maximum Gasteiger partial charge on any atom is 0.321 e. The minimum absolute atomic E-state index is 0. The zero-order valence-electron chi connectivity index (χ0n) is 10.8. The molecule has 0 aromatic heterocycles. The molecule has 0 saturated carbocycles. The summed E-state index contributed by atoms with van der Waals surface area (Å²) in [6, 6.07) is -0.426. The molecule has 1 fully saturated rings. The van der Waals surface area contributed by atoms with Crippen LogP contribution in [0, 0.1) is 5.92 Å². The lowest BCUT2D eigenvalue weighted by Gasteiger charge is -2.31. The van der Waals surface area contributed by atoms with E-state index >= 15 is 0 Å². The third kappa shape index (κ3) is 6.18. The van der Waals surface area contributed by atoms with Crippen LogP contribution < -0.4 is 16.4 Å². The molecule has 1 saturated heterocycles. The second kappa shape index (κ2) is 9.13. The van der Waals surface area contributed by atoms with Crippen molar-refractivity contribution in [2.45, 2.75) is 19.8 Å². The predicted octanol–water partition coefficient (Wildman–Crippen LogP) is -0.0754.